The Morgan fingerprint density at radius 3 is 2.00 bits per heavy atom. The number of carboxylic acid groups (broad SMARTS) is 1. The Bertz CT molecular complexity index is 283. The fourth-order valence-electron chi connectivity index (χ4n) is 1.97. The quantitative estimate of drug-likeness (QED) is 0.347. The zero-order chi connectivity index (χ0) is 16.9. The number of rotatable bonds is 8. The molecule has 0 rings (SSSR count). The van der Waals surface area contributed by atoms with Crippen molar-refractivity contribution < 1.29 is 24.9 Å². The van der Waals surface area contributed by atoms with Crippen LogP contribution in [0.15, 0.2) is 0 Å². The van der Waals surface area contributed by atoms with E-state index < -0.39 is 17.9 Å². The fraction of sp³-hybridized carbons (Fsp3) is 0.857. The number of aliphatic hydroxyl groups is 2. The van der Waals surface area contributed by atoms with Crippen molar-refractivity contribution in [2.45, 2.75) is 71.5 Å². The molecule has 3 amide bonds. The van der Waals surface area contributed by atoms with Crippen LogP contribution in [0.5, 0.6) is 0 Å². The summed E-state index contributed by atoms with van der Waals surface area (Å²) in [5.74, 6) is -1.40. The van der Waals surface area contributed by atoms with E-state index in [-0.39, 0.29) is 5.92 Å². The predicted molar refractivity (Wildman–Crippen MR) is 80.7 cm³/mol. The van der Waals surface area contributed by atoms with Gasteiger partial charge in [0, 0.05) is 5.92 Å². The van der Waals surface area contributed by atoms with Crippen molar-refractivity contribution in [3.63, 3.8) is 0 Å². The molecule has 0 aliphatic rings. The van der Waals surface area contributed by atoms with Crippen molar-refractivity contribution in [2.75, 3.05) is 0 Å². The normalized spacial score (nSPS) is 12.0. The average Bonchev–Trinajstić information content (AvgIpc) is 2.37. The van der Waals surface area contributed by atoms with Gasteiger partial charge in [-0.3, -0.25) is 0 Å². The molecule has 126 valence electrons. The van der Waals surface area contributed by atoms with E-state index >= 15 is 0 Å². The minimum Gasteiger partial charge on any atom is -0.465 e. The number of carbonyl (C=O) groups excluding carboxylic acids is 1. The van der Waals surface area contributed by atoms with Gasteiger partial charge in [-0.2, -0.15) is 0 Å². The largest absolute Gasteiger partial charge is 0.465 e. The summed E-state index contributed by atoms with van der Waals surface area (Å²) in [5, 5.41) is 28.4. The van der Waals surface area contributed by atoms with Crippen LogP contribution in [-0.4, -0.2) is 33.2 Å². The van der Waals surface area contributed by atoms with Gasteiger partial charge in [-0.05, 0) is 19.3 Å². The Labute approximate surface area is 126 Å². The number of hydrogen-bond donors (Lipinski definition) is 5. The molecule has 0 bridgehead atoms. The first-order valence-electron chi connectivity index (χ1n) is 7.45. The molecule has 0 aromatic carbocycles. The Balaban J connectivity index is 0. The molecule has 6 N–H and O–H groups in total. The minimum absolute atomic E-state index is 0.0457. The van der Waals surface area contributed by atoms with Gasteiger partial charge in [-0.25, -0.2) is 14.9 Å². The monoisotopic (exact) mass is 306 g/mol. The van der Waals surface area contributed by atoms with Crippen LogP contribution in [0, 0.1) is 5.92 Å². The van der Waals surface area contributed by atoms with Gasteiger partial charge in [-0.1, -0.05) is 46.5 Å². The Hall–Kier alpha value is -1.34. The number of imide groups is 1. The smallest absolute Gasteiger partial charge is 0.412 e. The van der Waals surface area contributed by atoms with Crippen LogP contribution in [0.1, 0.15) is 65.7 Å². The molecular formula is C14H30N2O5. The highest BCUT2D eigenvalue weighted by atomic mass is 16.5. The van der Waals surface area contributed by atoms with Gasteiger partial charge in [0.1, 0.15) is 0 Å². The third-order valence-electron chi connectivity index (χ3n) is 3.30. The number of nitrogens with one attached hydrogen (secondary N) is 1. The lowest BCUT2D eigenvalue weighted by Crippen LogP contribution is -2.36. The summed E-state index contributed by atoms with van der Waals surface area (Å²) in [6, 6.07) is -1.06. The van der Waals surface area contributed by atoms with Gasteiger partial charge in [-0.15, -0.1) is 0 Å². The minimum atomic E-state index is -1.44. The molecule has 0 aliphatic heterocycles. The molecule has 0 radical (unpaired) electrons. The van der Waals surface area contributed by atoms with Crippen molar-refractivity contribution >= 4 is 12.1 Å². The van der Waals surface area contributed by atoms with Gasteiger partial charge in [0.25, 0.3) is 0 Å². The highest BCUT2D eigenvalue weighted by Crippen LogP contribution is 2.26. The third kappa shape index (κ3) is 13.4. The lowest BCUT2D eigenvalue weighted by molar-refractivity contribution is -0.204. The van der Waals surface area contributed by atoms with E-state index in [1.807, 2.05) is 13.8 Å². The van der Waals surface area contributed by atoms with E-state index in [2.05, 4.69) is 12.7 Å². The predicted octanol–water partition coefficient (Wildman–Crippen LogP) is 2.41. The maximum atomic E-state index is 9.70. The van der Waals surface area contributed by atoms with Gasteiger partial charge in [0.2, 0.25) is 0 Å². The molecular weight excluding hydrogens is 276 g/mol. The number of urea groups is 1. The summed E-state index contributed by atoms with van der Waals surface area (Å²) in [7, 11) is 0. The number of hydrogen-bond acceptors (Lipinski definition) is 4. The number of unbranched alkanes of at least 4 members (excludes halogenated alkanes) is 3. The molecule has 0 heterocycles. The first-order chi connectivity index (χ1) is 9.71. The second-order valence-corrected chi connectivity index (χ2v) is 4.98. The molecule has 0 aromatic heterocycles. The standard InChI is InChI=1S/C12H26O2.C2H4N2O3/c1-4-7-8-9-10-11(5-2)12(13,14)6-3;3-1(5)4-2(6)7/h11,13-14H,4-10H2,1-3H3;(H,6,7)(H3,3,4,5). The molecule has 21 heavy (non-hydrogen) atoms. The zero-order valence-electron chi connectivity index (χ0n) is 13.3. The SMILES string of the molecule is CCCCCCC(CC)C(O)(O)CC.NC(=O)NC(=O)O. The van der Waals surface area contributed by atoms with Crippen LogP contribution in [0.4, 0.5) is 9.59 Å². The van der Waals surface area contributed by atoms with Crippen LogP contribution >= 0.6 is 0 Å². The fourth-order valence-corrected chi connectivity index (χ4v) is 1.97. The maximum Gasteiger partial charge on any atom is 0.412 e. The summed E-state index contributed by atoms with van der Waals surface area (Å²) >= 11 is 0. The summed E-state index contributed by atoms with van der Waals surface area (Å²) < 4.78 is 0. The van der Waals surface area contributed by atoms with Crippen LogP contribution in [-0.2, 0) is 0 Å². The first kappa shape index (κ1) is 21.9. The van der Waals surface area contributed by atoms with Crippen molar-refractivity contribution in [1.29, 1.82) is 0 Å². The molecule has 0 spiro atoms. The molecule has 1 atom stereocenters. The first-order valence-corrected chi connectivity index (χ1v) is 7.45. The van der Waals surface area contributed by atoms with E-state index in [0.29, 0.717) is 6.42 Å². The Kier molecular flexibility index (Phi) is 13.0. The summed E-state index contributed by atoms with van der Waals surface area (Å²) in [6.07, 6.45) is 5.61. The molecule has 0 saturated heterocycles. The summed E-state index contributed by atoms with van der Waals surface area (Å²) in [6.45, 7) is 6.04. The van der Waals surface area contributed by atoms with Crippen molar-refractivity contribution in [1.82, 2.24) is 5.32 Å². The Morgan fingerprint density at radius 2 is 1.71 bits per heavy atom. The van der Waals surface area contributed by atoms with Crippen molar-refractivity contribution in [2.24, 2.45) is 11.7 Å². The molecule has 7 heteroatoms. The number of amides is 3. The zero-order valence-corrected chi connectivity index (χ0v) is 13.3. The molecule has 0 fully saturated rings. The molecule has 1 unspecified atom stereocenters. The van der Waals surface area contributed by atoms with Crippen molar-refractivity contribution in [3.05, 3.63) is 0 Å². The van der Waals surface area contributed by atoms with Gasteiger partial charge < -0.3 is 21.1 Å². The van der Waals surface area contributed by atoms with Crippen LogP contribution < -0.4 is 11.1 Å². The van der Waals surface area contributed by atoms with Gasteiger partial charge in [0.05, 0.1) is 0 Å². The van der Waals surface area contributed by atoms with E-state index in [1.165, 1.54) is 24.6 Å². The maximum absolute atomic E-state index is 9.70. The number of carbonyl (C=O) groups is 2. The highest BCUT2D eigenvalue weighted by molar-refractivity contribution is 5.88. The number of nitrogens with two attached hydrogens (primary N) is 1. The molecule has 0 saturated carbocycles. The van der Waals surface area contributed by atoms with E-state index in [0.717, 1.165) is 19.3 Å². The lowest BCUT2D eigenvalue weighted by atomic mass is 9.88. The molecule has 0 aromatic rings. The van der Waals surface area contributed by atoms with Crippen LogP contribution in [0.3, 0.4) is 0 Å². The average molecular weight is 306 g/mol. The van der Waals surface area contributed by atoms with Crippen LogP contribution in [0.25, 0.3) is 0 Å². The second-order valence-electron chi connectivity index (χ2n) is 4.98. The van der Waals surface area contributed by atoms with Crippen LogP contribution in [0.2, 0.25) is 0 Å². The second kappa shape index (κ2) is 12.4. The van der Waals surface area contributed by atoms with E-state index in [4.69, 9.17) is 5.11 Å². The third-order valence-corrected chi connectivity index (χ3v) is 3.30. The molecule has 0 aliphatic carbocycles. The Morgan fingerprint density at radius 1 is 1.14 bits per heavy atom. The molecule has 7 nitrogen and oxygen atoms in total. The van der Waals surface area contributed by atoms with Gasteiger partial charge in [0.15, 0.2) is 5.79 Å². The van der Waals surface area contributed by atoms with E-state index in [9.17, 15) is 19.8 Å². The summed E-state index contributed by atoms with van der Waals surface area (Å²) in [5.41, 5.74) is 4.36. The highest BCUT2D eigenvalue weighted by Gasteiger charge is 2.30. The van der Waals surface area contributed by atoms with Crippen molar-refractivity contribution in [3.8, 4) is 0 Å². The van der Waals surface area contributed by atoms with Gasteiger partial charge >= 0.3 is 12.1 Å². The summed E-state index contributed by atoms with van der Waals surface area (Å²) in [4.78, 5) is 18.9. The number of primary amides is 1. The topological polar surface area (TPSA) is 133 Å². The lowest BCUT2D eigenvalue weighted by Gasteiger charge is -2.29. The van der Waals surface area contributed by atoms with E-state index in [1.54, 1.807) is 0 Å².